The number of ether oxygens (including phenoxy) is 1. The van der Waals surface area contributed by atoms with Gasteiger partial charge < -0.3 is 9.84 Å². The van der Waals surface area contributed by atoms with Crippen molar-refractivity contribution in [2.75, 3.05) is 0 Å². The van der Waals surface area contributed by atoms with E-state index >= 15 is 0 Å². The van der Waals surface area contributed by atoms with E-state index in [1.165, 1.54) is 0 Å². The Hall–Kier alpha value is -2.78. The third kappa shape index (κ3) is 4.37. The molecule has 4 nitrogen and oxygen atoms in total. The second kappa shape index (κ2) is 6.02. The molecule has 0 fully saturated rings. The van der Waals surface area contributed by atoms with Gasteiger partial charge in [0.1, 0.15) is 11.4 Å². The molecule has 0 atom stereocenters. The van der Waals surface area contributed by atoms with Gasteiger partial charge in [0.05, 0.1) is 5.56 Å². The first kappa shape index (κ1) is 17.6. The normalized spacial score (nSPS) is 12.1. The van der Waals surface area contributed by atoms with Crippen LogP contribution in [0.5, 0.6) is 5.75 Å². The number of pyridine rings is 1. The Morgan fingerprint density at radius 2 is 1.67 bits per heavy atom. The van der Waals surface area contributed by atoms with Crippen LogP contribution in [0.1, 0.15) is 16.1 Å². The van der Waals surface area contributed by atoms with Crippen LogP contribution < -0.4 is 4.74 Å². The minimum atomic E-state index is -5.05. The lowest BCUT2D eigenvalue weighted by atomic mass is 10.0. The molecule has 10 heteroatoms. The Morgan fingerprint density at radius 3 is 2.12 bits per heavy atom. The molecule has 0 unspecified atom stereocenters. The predicted octanol–water partition coefficient (Wildman–Crippen LogP) is 4.36. The Balaban J connectivity index is 2.47. The van der Waals surface area contributed by atoms with Gasteiger partial charge in [0, 0.05) is 11.8 Å². The maximum absolute atomic E-state index is 12.5. The van der Waals surface area contributed by atoms with E-state index in [-0.39, 0.29) is 11.1 Å². The molecule has 0 spiro atoms. The smallest absolute Gasteiger partial charge is 0.478 e. The molecule has 0 aliphatic heterocycles. The lowest BCUT2D eigenvalue weighted by molar-refractivity contribution is -0.274. The monoisotopic (exact) mass is 351 g/mol. The minimum absolute atomic E-state index is 0.00174. The molecule has 0 aliphatic rings. The van der Waals surface area contributed by atoms with Crippen molar-refractivity contribution in [1.82, 2.24) is 4.98 Å². The average molecular weight is 351 g/mol. The van der Waals surface area contributed by atoms with Gasteiger partial charge in [0.2, 0.25) is 0 Å². The van der Waals surface area contributed by atoms with E-state index < -0.39 is 35.5 Å². The largest absolute Gasteiger partial charge is 0.573 e. The topological polar surface area (TPSA) is 59.4 Å². The summed E-state index contributed by atoms with van der Waals surface area (Å²) in [5.74, 6) is -2.33. The highest BCUT2D eigenvalue weighted by Gasteiger charge is 2.33. The van der Waals surface area contributed by atoms with Gasteiger partial charge in [-0.05, 0) is 29.8 Å². The molecule has 1 N–H and O–H groups in total. The van der Waals surface area contributed by atoms with Crippen molar-refractivity contribution in [3.8, 4) is 16.9 Å². The number of rotatable bonds is 3. The molecule has 128 valence electrons. The minimum Gasteiger partial charge on any atom is -0.478 e. The van der Waals surface area contributed by atoms with E-state index in [4.69, 9.17) is 5.11 Å². The third-order valence-corrected chi connectivity index (χ3v) is 2.77. The van der Waals surface area contributed by atoms with Gasteiger partial charge in [-0.3, -0.25) is 4.98 Å². The van der Waals surface area contributed by atoms with Crippen molar-refractivity contribution < 1.29 is 41.0 Å². The Bertz CT molecular complexity index is 753. The summed E-state index contributed by atoms with van der Waals surface area (Å²) in [6.45, 7) is 0. The van der Waals surface area contributed by atoms with E-state index in [0.717, 1.165) is 24.4 Å². The summed E-state index contributed by atoms with van der Waals surface area (Å²) in [5, 5.41) is 8.93. The summed E-state index contributed by atoms with van der Waals surface area (Å²) < 4.78 is 77.9. The van der Waals surface area contributed by atoms with Gasteiger partial charge in [-0.2, -0.15) is 13.2 Å². The molecule has 24 heavy (non-hydrogen) atoms. The van der Waals surface area contributed by atoms with E-state index in [9.17, 15) is 31.1 Å². The zero-order chi connectivity index (χ0) is 18.1. The zero-order valence-electron chi connectivity index (χ0n) is 11.4. The number of hydrogen-bond acceptors (Lipinski definition) is 3. The quantitative estimate of drug-likeness (QED) is 0.835. The predicted molar refractivity (Wildman–Crippen MR) is 68.3 cm³/mol. The lowest BCUT2D eigenvalue weighted by Gasteiger charge is -2.12. The van der Waals surface area contributed by atoms with Crippen LogP contribution in [0.15, 0.2) is 36.5 Å². The molecule has 0 bridgehead atoms. The first-order valence-electron chi connectivity index (χ1n) is 6.13. The number of carboxylic acid groups (broad SMARTS) is 1. The SMILES string of the molecule is O=C(O)c1cc(OC(F)(F)F)cc(-c2ccc(C(F)(F)F)nc2)c1. The van der Waals surface area contributed by atoms with E-state index in [0.29, 0.717) is 12.1 Å². The van der Waals surface area contributed by atoms with E-state index in [1.54, 1.807) is 0 Å². The average Bonchev–Trinajstić information content (AvgIpc) is 2.44. The van der Waals surface area contributed by atoms with Gasteiger partial charge in [0.15, 0.2) is 0 Å². The van der Waals surface area contributed by atoms with Crippen LogP contribution in [-0.4, -0.2) is 22.4 Å². The highest BCUT2D eigenvalue weighted by molar-refractivity contribution is 5.90. The molecule has 1 aromatic heterocycles. The fourth-order valence-electron chi connectivity index (χ4n) is 1.81. The highest BCUT2D eigenvalue weighted by atomic mass is 19.4. The number of hydrogen-bond donors (Lipinski definition) is 1. The van der Waals surface area contributed by atoms with Gasteiger partial charge in [0.25, 0.3) is 0 Å². The highest BCUT2D eigenvalue weighted by Crippen LogP contribution is 2.32. The number of carbonyl (C=O) groups is 1. The van der Waals surface area contributed by atoms with Gasteiger partial charge in [-0.25, -0.2) is 4.79 Å². The summed E-state index contributed by atoms with van der Waals surface area (Å²) >= 11 is 0. The molecule has 1 heterocycles. The van der Waals surface area contributed by atoms with Crippen molar-refractivity contribution >= 4 is 5.97 Å². The summed E-state index contributed by atoms with van der Waals surface area (Å²) in [7, 11) is 0. The Kier molecular flexibility index (Phi) is 4.41. The van der Waals surface area contributed by atoms with Crippen LogP contribution >= 0.6 is 0 Å². The number of alkyl halides is 6. The fraction of sp³-hybridized carbons (Fsp3) is 0.143. The molecular formula is C14H7F6NO3. The van der Waals surface area contributed by atoms with Gasteiger partial charge >= 0.3 is 18.5 Å². The molecule has 2 rings (SSSR count). The number of carboxylic acids is 1. The molecule has 0 amide bonds. The van der Waals surface area contributed by atoms with Crippen molar-refractivity contribution in [3.63, 3.8) is 0 Å². The van der Waals surface area contributed by atoms with E-state index in [1.807, 2.05) is 0 Å². The van der Waals surface area contributed by atoms with Crippen molar-refractivity contribution in [1.29, 1.82) is 0 Å². The maximum Gasteiger partial charge on any atom is 0.573 e. The summed E-state index contributed by atoms with van der Waals surface area (Å²) in [6, 6.07) is 4.10. The number of nitrogens with zero attached hydrogens (tertiary/aromatic N) is 1. The van der Waals surface area contributed by atoms with Crippen molar-refractivity contribution in [2.24, 2.45) is 0 Å². The lowest BCUT2D eigenvalue weighted by Crippen LogP contribution is -2.17. The molecule has 0 saturated heterocycles. The Morgan fingerprint density at radius 1 is 1.00 bits per heavy atom. The van der Waals surface area contributed by atoms with Crippen LogP contribution in [0.3, 0.4) is 0 Å². The Labute approximate surface area is 130 Å². The first-order chi connectivity index (χ1) is 11.0. The molecule has 0 aliphatic carbocycles. The third-order valence-electron chi connectivity index (χ3n) is 2.77. The van der Waals surface area contributed by atoms with Crippen molar-refractivity contribution in [2.45, 2.75) is 12.5 Å². The molecule has 0 saturated carbocycles. The number of halogens is 6. The fourth-order valence-corrected chi connectivity index (χ4v) is 1.81. The van der Waals surface area contributed by atoms with E-state index in [2.05, 4.69) is 9.72 Å². The summed E-state index contributed by atoms with van der Waals surface area (Å²) in [5.41, 5.74) is -1.80. The van der Waals surface area contributed by atoms with Crippen LogP contribution in [0.2, 0.25) is 0 Å². The first-order valence-corrected chi connectivity index (χ1v) is 6.13. The van der Waals surface area contributed by atoms with Crippen LogP contribution in [0, 0.1) is 0 Å². The van der Waals surface area contributed by atoms with Crippen LogP contribution in [-0.2, 0) is 6.18 Å². The zero-order valence-corrected chi connectivity index (χ0v) is 11.4. The number of benzene rings is 1. The van der Waals surface area contributed by atoms with Crippen LogP contribution in [0.25, 0.3) is 11.1 Å². The molecule has 0 radical (unpaired) electrons. The second-order valence-electron chi connectivity index (χ2n) is 4.53. The molecular weight excluding hydrogens is 344 g/mol. The second-order valence-corrected chi connectivity index (χ2v) is 4.53. The van der Waals surface area contributed by atoms with Crippen molar-refractivity contribution in [3.05, 3.63) is 47.8 Å². The molecule has 2 aromatic rings. The van der Waals surface area contributed by atoms with Crippen LogP contribution in [0.4, 0.5) is 26.3 Å². The van der Waals surface area contributed by atoms with Gasteiger partial charge in [-0.1, -0.05) is 6.07 Å². The summed E-state index contributed by atoms with van der Waals surface area (Å²) in [6.07, 6.45) is -8.94. The number of aromatic carboxylic acids is 1. The number of aromatic nitrogens is 1. The maximum atomic E-state index is 12.5. The van der Waals surface area contributed by atoms with Gasteiger partial charge in [-0.15, -0.1) is 13.2 Å². The standard InChI is InChI=1S/C14H7F6NO3/c15-13(16,17)11-2-1-7(6-21-11)8-3-9(12(22)23)5-10(4-8)24-14(18,19)20/h1-6H,(H,22,23). The molecule has 1 aromatic carbocycles. The summed E-state index contributed by atoms with van der Waals surface area (Å²) in [4.78, 5) is 14.2.